The van der Waals surface area contributed by atoms with Crippen molar-refractivity contribution >= 4 is 34.8 Å². The van der Waals surface area contributed by atoms with E-state index in [2.05, 4.69) is 22.6 Å². The Bertz CT molecular complexity index is 387. The van der Waals surface area contributed by atoms with Gasteiger partial charge in [0.05, 0.1) is 5.56 Å². The van der Waals surface area contributed by atoms with Gasteiger partial charge in [0.25, 0.3) is 0 Å². The number of aldehydes is 1. The summed E-state index contributed by atoms with van der Waals surface area (Å²) in [7, 11) is 0. The van der Waals surface area contributed by atoms with Gasteiger partial charge in [0, 0.05) is 9.49 Å². The van der Waals surface area contributed by atoms with E-state index in [0.29, 0.717) is 12.0 Å². The average Bonchev–Trinajstić information content (AvgIpc) is 2.20. The van der Waals surface area contributed by atoms with Crippen LogP contribution in [0.3, 0.4) is 0 Å². The van der Waals surface area contributed by atoms with Gasteiger partial charge >= 0.3 is 5.97 Å². The molecule has 4 heteroatoms. The third-order valence-corrected chi connectivity index (χ3v) is 2.75. The van der Waals surface area contributed by atoms with Crippen LogP contribution in [0.15, 0.2) is 18.2 Å². The smallest absolute Gasteiger partial charge is 0.335 e. The van der Waals surface area contributed by atoms with Crippen LogP contribution in [0.5, 0.6) is 0 Å². The Hall–Kier alpha value is -0.910. The lowest BCUT2D eigenvalue weighted by atomic mass is 9.98. The van der Waals surface area contributed by atoms with Gasteiger partial charge in [0.2, 0.25) is 0 Å². The molecule has 1 aromatic rings. The van der Waals surface area contributed by atoms with Crippen LogP contribution < -0.4 is 0 Å². The number of hydrogen-bond acceptors (Lipinski definition) is 2. The number of carboxylic acid groups (broad SMARTS) is 1. The second-order valence-corrected chi connectivity index (χ2v) is 4.67. The number of carbonyl (C=O) groups excluding carboxylic acids is 1. The van der Waals surface area contributed by atoms with E-state index < -0.39 is 5.97 Å². The van der Waals surface area contributed by atoms with E-state index in [9.17, 15) is 9.59 Å². The van der Waals surface area contributed by atoms with Crippen molar-refractivity contribution in [1.29, 1.82) is 0 Å². The molecule has 0 amide bonds. The molecule has 1 aromatic carbocycles. The number of halogens is 1. The number of rotatable bonds is 4. The van der Waals surface area contributed by atoms with E-state index in [1.807, 2.05) is 6.07 Å². The molecule has 0 aliphatic rings. The highest BCUT2D eigenvalue weighted by atomic mass is 127. The van der Waals surface area contributed by atoms with Gasteiger partial charge in [-0.2, -0.15) is 0 Å². The molecule has 0 aliphatic carbocycles. The number of benzene rings is 1. The number of carbonyl (C=O) groups is 2. The molecule has 15 heavy (non-hydrogen) atoms. The van der Waals surface area contributed by atoms with E-state index in [-0.39, 0.29) is 11.5 Å². The summed E-state index contributed by atoms with van der Waals surface area (Å²) in [5.74, 6) is -1.09. The van der Waals surface area contributed by atoms with E-state index in [1.54, 1.807) is 19.1 Å². The molecule has 0 aromatic heterocycles. The number of carboxylic acids is 1. The zero-order chi connectivity index (χ0) is 11.4. The molecule has 1 unspecified atom stereocenters. The van der Waals surface area contributed by atoms with Crippen molar-refractivity contribution in [3.05, 3.63) is 32.9 Å². The van der Waals surface area contributed by atoms with Crippen molar-refractivity contribution in [1.82, 2.24) is 0 Å². The molecule has 0 spiro atoms. The lowest BCUT2D eigenvalue weighted by Gasteiger charge is -2.08. The van der Waals surface area contributed by atoms with E-state index in [1.165, 1.54) is 0 Å². The summed E-state index contributed by atoms with van der Waals surface area (Å²) in [5, 5.41) is 8.98. The molecule has 3 nitrogen and oxygen atoms in total. The Morgan fingerprint density at radius 1 is 1.60 bits per heavy atom. The van der Waals surface area contributed by atoms with Crippen LogP contribution in [0.4, 0.5) is 0 Å². The molecular weight excluding hydrogens is 307 g/mol. The van der Waals surface area contributed by atoms with Gasteiger partial charge in [-0.05, 0) is 46.7 Å². The third-order valence-electron chi connectivity index (χ3n) is 2.08. The summed E-state index contributed by atoms with van der Waals surface area (Å²) < 4.78 is 0.882. The van der Waals surface area contributed by atoms with Gasteiger partial charge < -0.3 is 9.90 Å². The predicted octanol–water partition coefficient (Wildman–Crippen LogP) is 2.37. The van der Waals surface area contributed by atoms with Crippen LogP contribution in [0, 0.1) is 9.49 Å². The molecule has 0 bridgehead atoms. The minimum Gasteiger partial charge on any atom is -0.478 e. The molecule has 0 saturated carbocycles. The second-order valence-electron chi connectivity index (χ2n) is 3.42. The van der Waals surface area contributed by atoms with Crippen LogP contribution in [-0.4, -0.2) is 17.4 Å². The van der Waals surface area contributed by atoms with Gasteiger partial charge in [-0.25, -0.2) is 4.79 Å². The lowest BCUT2D eigenvalue weighted by Crippen LogP contribution is -2.08. The van der Waals surface area contributed by atoms with Crippen molar-refractivity contribution in [3.8, 4) is 0 Å². The van der Waals surface area contributed by atoms with Gasteiger partial charge in [0.1, 0.15) is 6.29 Å². The highest BCUT2D eigenvalue weighted by molar-refractivity contribution is 14.1. The first-order valence-corrected chi connectivity index (χ1v) is 5.59. The zero-order valence-corrected chi connectivity index (χ0v) is 10.4. The maximum absolute atomic E-state index is 11.0. The topological polar surface area (TPSA) is 54.4 Å². The Morgan fingerprint density at radius 3 is 2.80 bits per heavy atom. The zero-order valence-electron chi connectivity index (χ0n) is 8.24. The fourth-order valence-electron chi connectivity index (χ4n) is 1.32. The fraction of sp³-hybridized carbons (Fsp3) is 0.273. The highest BCUT2D eigenvalue weighted by Gasteiger charge is 2.12. The Balaban J connectivity index is 3.05. The summed E-state index contributed by atoms with van der Waals surface area (Å²) in [6.07, 6.45) is 1.31. The fourth-order valence-corrected chi connectivity index (χ4v) is 1.81. The summed E-state index contributed by atoms with van der Waals surface area (Å²) in [6, 6.07) is 5.24. The molecule has 0 radical (unpaired) electrons. The van der Waals surface area contributed by atoms with Crippen molar-refractivity contribution in [3.63, 3.8) is 0 Å². The van der Waals surface area contributed by atoms with E-state index >= 15 is 0 Å². The summed E-state index contributed by atoms with van der Waals surface area (Å²) >= 11 is 2.07. The Morgan fingerprint density at radius 2 is 2.27 bits per heavy atom. The molecule has 1 N–H and O–H groups in total. The molecule has 0 saturated heterocycles. The van der Waals surface area contributed by atoms with Crippen LogP contribution in [0.2, 0.25) is 0 Å². The predicted molar refractivity (Wildman–Crippen MR) is 65.1 cm³/mol. The standard InChI is InChI=1S/C11H11IO3/c1-7(6-13)4-8-2-3-9(12)5-10(8)11(14)15/h2-3,5-7H,4H2,1H3,(H,14,15). The van der Waals surface area contributed by atoms with Crippen LogP contribution in [-0.2, 0) is 11.2 Å². The SMILES string of the molecule is CC(C=O)Cc1ccc(I)cc1C(=O)O. The normalized spacial score (nSPS) is 12.1. The van der Waals surface area contributed by atoms with Gasteiger partial charge in [0.15, 0.2) is 0 Å². The summed E-state index contributed by atoms with van der Waals surface area (Å²) in [6.45, 7) is 1.77. The molecule has 0 heterocycles. The molecule has 1 atom stereocenters. The van der Waals surface area contributed by atoms with Crippen LogP contribution in [0.1, 0.15) is 22.8 Å². The molecule has 1 rings (SSSR count). The van der Waals surface area contributed by atoms with E-state index in [0.717, 1.165) is 9.86 Å². The van der Waals surface area contributed by atoms with Crippen LogP contribution >= 0.6 is 22.6 Å². The first-order chi connectivity index (χ1) is 7.04. The maximum Gasteiger partial charge on any atom is 0.335 e. The molecule has 80 valence electrons. The largest absolute Gasteiger partial charge is 0.478 e. The summed E-state index contributed by atoms with van der Waals surface area (Å²) in [5.41, 5.74) is 0.998. The first kappa shape index (κ1) is 12.2. The Labute approximate surface area is 102 Å². The quantitative estimate of drug-likeness (QED) is 0.685. The van der Waals surface area contributed by atoms with Crippen molar-refractivity contribution < 1.29 is 14.7 Å². The van der Waals surface area contributed by atoms with Crippen molar-refractivity contribution in [2.75, 3.05) is 0 Å². The van der Waals surface area contributed by atoms with E-state index in [4.69, 9.17) is 5.11 Å². The van der Waals surface area contributed by atoms with Crippen LogP contribution in [0.25, 0.3) is 0 Å². The molecular formula is C11H11IO3. The van der Waals surface area contributed by atoms with Crippen molar-refractivity contribution in [2.24, 2.45) is 5.92 Å². The van der Waals surface area contributed by atoms with Gasteiger partial charge in [-0.15, -0.1) is 0 Å². The number of aromatic carboxylic acids is 1. The Kier molecular flexibility index (Phi) is 4.26. The highest BCUT2D eigenvalue weighted by Crippen LogP contribution is 2.17. The van der Waals surface area contributed by atoms with Gasteiger partial charge in [-0.1, -0.05) is 13.0 Å². The minimum atomic E-state index is -0.943. The van der Waals surface area contributed by atoms with Gasteiger partial charge in [-0.3, -0.25) is 0 Å². The lowest BCUT2D eigenvalue weighted by molar-refractivity contribution is -0.110. The second kappa shape index (κ2) is 5.25. The molecule has 0 aliphatic heterocycles. The summed E-state index contributed by atoms with van der Waals surface area (Å²) in [4.78, 5) is 21.5. The first-order valence-electron chi connectivity index (χ1n) is 4.51. The monoisotopic (exact) mass is 318 g/mol. The maximum atomic E-state index is 11.0. The third kappa shape index (κ3) is 3.30. The van der Waals surface area contributed by atoms with Crippen molar-refractivity contribution in [2.45, 2.75) is 13.3 Å². The minimum absolute atomic E-state index is 0.150. The average molecular weight is 318 g/mol. The molecule has 0 fully saturated rings. The number of hydrogen-bond donors (Lipinski definition) is 1.